The second-order valence-electron chi connectivity index (χ2n) is 5.69. The van der Waals surface area contributed by atoms with Crippen LogP contribution in [0.5, 0.6) is 0 Å². The van der Waals surface area contributed by atoms with E-state index in [2.05, 4.69) is 48.7 Å². The van der Waals surface area contributed by atoms with Gasteiger partial charge in [-0.1, -0.05) is 54.6 Å². The number of hydrogen-bond acceptors (Lipinski definition) is 3. The van der Waals surface area contributed by atoms with Gasteiger partial charge < -0.3 is 0 Å². The third-order valence-corrected chi connectivity index (χ3v) is 5.25. The molecule has 1 heterocycles. The first-order valence-electron chi connectivity index (χ1n) is 7.34. The van der Waals surface area contributed by atoms with Crippen molar-refractivity contribution >= 4 is 17.1 Å². The first kappa shape index (κ1) is 14.9. The predicted molar refractivity (Wildman–Crippen MR) is 92.3 cm³/mol. The Morgan fingerprint density at radius 1 is 1.14 bits per heavy atom. The number of nitrogens with zero attached hydrogens (tertiary/aromatic N) is 1. The van der Waals surface area contributed by atoms with Crippen molar-refractivity contribution < 1.29 is 4.79 Å². The summed E-state index contributed by atoms with van der Waals surface area (Å²) >= 11 is 1.76. The molecule has 2 aromatic rings. The van der Waals surface area contributed by atoms with E-state index in [1.54, 1.807) is 11.3 Å². The van der Waals surface area contributed by atoms with E-state index in [-0.39, 0.29) is 11.3 Å². The van der Waals surface area contributed by atoms with Crippen LogP contribution in [0.2, 0.25) is 0 Å². The number of carbonyl (C=O) groups is 1. The number of likely N-dealkylation sites (N-methyl/N-ethyl adjacent to an activating group) is 1. The Balaban J connectivity index is 1.88. The fourth-order valence-electron chi connectivity index (χ4n) is 2.81. The maximum Gasteiger partial charge on any atom is 0.192 e. The summed E-state index contributed by atoms with van der Waals surface area (Å²) in [5, 5.41) is 2.10. The van der Waals surface area contributed by atoms with Gasteiger partial charge >= 0.3 is 0 Å². The van der Waals surface area contributed by atoms with E-state index < -0.39 is 0 Å². The lowest BCUT2D eigenvalue weighted by atomic mass is 9.84. The van der Waals surface area contributed by atoms with Gasteiger partial charge in [0.15, 0.2) is 5.78 Å². The van der Waals surface area contributed by atoms with E-state index in [1.165, 1.54) is 4.88 Å². The Labute approximate surface area is 135 Å². The molecule has 22 heavy (non-hydrogen) atoms. The van der Waals surface area contributed by atoms with Gasteiger partial charge in [-0.15, -0.1) is 11.3 Å². The Morgan fingerprint density at radius 2 is 1.91 bits per heavy atom. The lowest BCUT2D eigenvalue weighted by Crippen LogP contribution is -2.39. The summed E-state index contributed by atoms with van der Waals surface area (Å²) in [6.45, 7) is 0. The summed E-state index contributed by atoms with van der Waals surface area (Å²) in [7, 11) is 4.17. The zero-order valence-electron chi connectivity index (χ0n) is 12.8. The summed E-state index contributed by atoms with van der Waals surface area (Å²) in [6, 6.07) is 13.7. The summed E-state index contributed by atoms with van der Waals surface area (Å²) in [5.41, 5.74) is 1.38. The molecule has 0 N–H and O–H groups in total. The van der Waals surface area contributed by atoms with Crippen LogP contribution in [0.25, 0.3) is 0 Å². The molecule has 112 valence electrons. The Kier molecular flexibility index (Phi) is 4.10. The highest BCUT2D eigenvalue weighted by Crippen LogP contribution is 2.38. The highest BCUT2D eigenvalue weighted by atomic mass is 32.1. The van der Waals surface area contributed by atoms with Crippen LogP contribution in [0.15, 0.2) is 71.6 Å². The minimum Gasteiger partial charge on any atom is -0.296 e. The second-order valence-corrected chi connectivity index (χ2v) is 6.64. The molecule has 3 heteroatoms. The van der Waals surface area contributed by atoms with E-state index in [9.17, 15) is 4.79 Å². The topological polar surface area (TPSA) is 20.3 Å². The molecule has 1 aromatic carbocycles. The summed E-state index contributed by atoms with van der Waals surface area (Å²) in [5.74, 6) is 0.0929. The molecule has 0 spiro atoms. The zero-order valence-corrected chi connectivity index (χ0v) is 13.6. The molecule has 1 aliphatic carbocycles. The van der Waals surface area contributed by atoms with Crippen molar-refractivity contribution in [1.29, 1.82) is 0 Å². The van der Waals surface area contributed by atoms with Crippen LogP contribution in [0.1, 0.15) is 21.7 Å². The van der Waals surface area contributed by atoms with Gasteiger partial charge in [-0.05, 0) is 32.0 Å². The van der Waals surface area contributed by atoms with Gasteiger partial charge in [-0.25, -0.2) is 0 Å². The third kappa shape index (κ3) is 2.58. The number of ketones is 1. The molecule has 0 aliphatic heterocycles. The average Bonchev–Trinajstić information content (AvgIpc) is 3.10. The van der Waals surface area contributed by atoms with Crippen molar-refractivity contribution in [3.63, 3.8) is 0 Å². The molecule has 0 radical (unpaired) electrons. The van der Waals surface area contributed by atoms with E-state index in [0.29, 0.717) is 0 Å². The molecule has 0 saturated carbocycles. The van der Waals surface area contributed by atoms with Gasteiger partial charge in [0.05, 0.1) is 5.54 Å². The molecule has 3 rings (SSSR count). The third-order valence-electron chi connectivity index (χ3n) is 4.22. The quantitative estimate of drug-likeness (QED) is 0.786. The first-order chi connectivity index (χ1) is 10.6. The van der Waals surface area contributed by atoms with Crippen molar-refractivity contribution in [3.8, 4) is 0 Å². The summed E-state index contributed by atoms with van der Waals surface area (Å²) in [4.78, 5) is 16.1. The van der Waals surface area contributed by atoms with Crippen LogP contribution >= 0.6 is 11.3 Å². The number of thiophene rings is 1. The van der Waals surface area contributed by atoms with Gasteiger partial charge in [0, 0.05) is 16.0 Å². The van der Waals surface area contributed by atoms with Crippen LogP contribution in [0.4, 0.5) is 0 Å². The number of rotatable bonds is 4. The Morgan fingerprint density at radius 3 is 2.45 bits per heavy atom. The summed E-state index contributed by atoms with van der Waals surface area (Å²) < 4.78 is 0. The molecule has 1 atom stereocenters. The number of carbonyl (C=O) groups excluding carboxylic acids is 1. The van der Waals surface area contributed by atoms with E-state index in [0.717, 1.165) is 17.6 Å². The van der Waals surface area contributed by atoms with Gasteiger partial charge in [0.2, 0.25) is 0 Å². The normalized spacial score (nSPS) is 21.0. The summed E-state index contributed by atoms with van der Waals surface area (Å²) in [6.07, 6.45) is 7.01. The van der Waals surface area contributed by atoms with Crippen LogP contribution in [-0.4, -0.2) is 24.8 Å². The molecule has 0 saturated heterocycles. The van der Waals surface area contributed by atoms with E-state index in [4.69, 9.17) is 0 Å². The zero-order chi connectivity index (χ0) is 15.6. The number of hydrogen-bond donors (Lipinski definition) is 0. The average molecular weight is 309 g/mol. The van der Waals surface area contributed by atoms with Crippen LogP contribution < -0.4 is 0 Å². The van der Waals surface area contributed by atoms with Gasteiger partial charge in [0.1, 0.15) is 0 Å². The number of allylic oxidation sites excluding steroid dienone is 2. The highest BCUT2D eigenvalue weighted by molar-refractivity contribution is 7.10. The molecule has 0 fully saturated rings. The number of benzene rings is 1. The van der Waals surface area contributed by atoms with Crippen molar-refractivity contribution in [3.05, 3.63) is 82.1 Å². The van der Waals surface area contributed by atoms with Crippen molar-refractivity contribution in [2.75, 3.05) is 14.1 Å². The molecule has 1 aliphatic rings. The minimum absolute atomic E-state index is 0.0929. The fraction of sp³-hybridized carbons (Fsp3) is 0.211. The van der Waals surface area contributed by atoms with Gasteiger partial charge in [-0.3, -0.25) is 9.69 Å². The molecular formula is C19H19NOS. The SMILES string of the molecule is CN(C)C1(c2cccs2)C=CC(C(=O)c2ccccc2)=CC1. The maximum atomic E-state index is 12.5. The smallest absolute Gasteiger partial charge is 0.192 e. The van der Waals surface area contributed by atoms with Crippen LogP contribution in [0.3, 0.4) is 0 Å². The molecule has 0 amide bonds. The van der Waals surface area contributed by atoms with Crippen molar-refractivity contribution in [1.82, 2.24) is 4.90 Å². The molecule has 1 aromatic heterocycles. The van der Waals surface area contributed by atoms with Crippen molar-refractivity contribution in [2.45, 2.75) is 12.0 Å². The monoisotopic (exact) mass is 309 g/mol. The molecule has 0 bridgehead atoms. The number of Topliss-reactive ketones (excluding diaryl/α,β-unsaturated/α-hetero) is 1. The Hall–Kier alpha value is -1.97. The van der Waals surface area contributed by atoms with Gasteiger partial charge in [-0.2, -0.15) is 0 Å². The Bertz CT molecular complexity index is 713. The molecule has 2 nitrogen and oxygen atoms in total. The largest absolute Gasteiger partial charge is 0.296 e. The van der Waals surface area contributed by atoms with E-state index >= 15 is 0 Å². The second kappa shape index (κ2) is 6.03. The van der Waals surface area contributed by atoms with Gasteiger partial charge in [0.25, 0.3) is 0 Å². The molecule has 1 unspecified atom stereocenters. The minimum atomic E-state index is -0.144. The van der Waals surface area contributed by atoms with Crippen molar-refractivity contribution in [2.24, 2.45) is 0 Å². The van der Waals surface area contributed by atoms with Crippen LogP contribution in [-0.2, 0) is 5.54 Å². The maximum absolute atomic E-state index is 12.5. The first-order valence-corrected chi connectivity index (χ1v) is 8.22. The lowest BCUT2D eigenvalue weighted by Gasteiger charge is -2.38. The standard InChI is InChI=1S/C19H19NOS/c1-20(2)19(17-9-6-14-22-17)12-10-16(11-13-19)18(21)15-7-4-3-5-8-15/h3-12,14H,13H2,1-2H3. The predicted octanol–water partition coefficient (Wildman–Crippen LogP) is 4.27. The lowest BCUT2D eigenvalue weighted by molar-refractivity contribution is 0.103. The van der Waals surface area contributed by atoms with E-state index in [1.807, 2.05) is 36.4 Å². The highest BCUT2D eigenvalue weighted by Gasteiger charge is 2.34. The fourth-order valence-corrected chi connectivity index (χ4v) is 3.81. The molecular weight excluding hydrogens is 290 g/mol. The van der Waals surface area contributed by atoms with Crippen LogP contribution in [0, 0.1) is 0 Å².